The zero-order chi connectivity index (χ0) is 8.49. The fourth-order valence-corrected chi connectivity index (χ4v) is 5.47. The van der Waals surface area contributed by atoms with Crippen LogP contribution in [0, 0.1) is 0 Å². The predicted octanol–water partition coefficient (Wildman–Crippen LogP) is 3.28. The smallest absolute Gasteiger partial charge is 0.0392 e. The van der Waals surface area contributed by atoms with E-state index in [0.717, 1.165) is 0 Å². The quantitative estimate of drug-likeness (QED) is 0.637. The van der Waals surface area contributed by atoms with Gasteiger partial charge in [-0.3, -0.25) is 0 Å². The normalized spacial score (nSPS) is 24.0. The van der Waals surface area contributed by atoms with Crippen LogP contribution in [0.2, 0.25) is 0 Å². The Kier molecular flexibility index (Phi) is 8.58. The summed E-state index contributed by atoms with van der Waals surface area (Å²) in [5, 5.41) is 1.31. The van der Waals surface area contributed by atoms with Gasteiger partial charge in [0.2, 0.25) is 0 Å². The van der Waals surface area contributed by atoms with Crippen LogP contribution in [0.4, 0.5) is 0 Å². The molecule has 1 aliphatic rings. The van der Waals surface area contributed by atoms with Crippen molar-refractivity contribution in [3.8, 4) is 0 Å². The Morgan fingerprint density at radius 2 is 1.00 bits per heavy atom. The van der Waals surface area contributed by atoms with Crippen molar-refractivity contribution in [1.82, 2.24) is 0 Å². The van der Waals surface area contributed by atoms with Gasteiger partial charge in [-0.1, -0.05) is 0 Å². The number of thioether (sulfide) groups is 4. The van der Waals surface area contributed by atoms with Gasteiger partial charge in [0, 0.05) is 28.1 Å². The molecule has 0 aliphatic carbocycles. The van der Waals surface area contributed by atoms with Gasteiger partial charge < -0.3 is 0 Å². The maximum Gasteiger partial charge on any atom is 0.0392 e. The lowest BCUT2D eigenvalue weighted by Gasteiger charge is -2.05. The lowest BCUT2D eigenvalue weighted by molar-refractivity contribution is 1.12. The van der Waals surface area contributed by atoms with E-state index in [1.54, 1.807) is 0 Å². The van der Waals surface area contributed by atoms with E-state index in [4.69, 9.17) is 0 Å². The maximum absolute atomic E-state index is 2.12. The van der Waals surface area contributed by atoms with E-state index in [9.17, 15) is 0 Å². The first-order valence-electron chi connectivity index (χ1n) is 4.31. The zero-order valence-corrected chi connectivity index (χ0v) is 10.6. The van der Waals surface area contributed by atoms with Crippen molar-refractivity contribution in [2.24, 2.45) is 0 Å². The van der Waals surface area contributed by atoms with E-state index >= 15 is 0 Å². The molecule has 0 aromatic heterocycles. The predicted molar refractivity (Wildman–Crippen MR) is 69.1 cm³/mol. The molecule has 0 amide bonds. The van der Waals surface area contributed by atoms with Crippen LogP contribution >= 0.6 is 47.0 Å². The summed E-state index contributed by atoms with van der Waals surface area (Å²) in [6.45, 7) is 0. The van der Waals surface area contributed by atoms with E-state index in [1.165, 1.54) is 46.0 Å². The van der Waals surface area contributed by atoms with Crippen LogP contribution in [0.5, 0.6) is 0 Å². The Morgan fingerprint density at radius 3 is 1.58 bits per heavy atom. The summed E-state index contributed by atoms with van der Waals surface area (Å²) in [6, 6.07) is 0. The van der Waals surface area contributed by atoms with Crippen LogP contribution in [-0.4, -0.2) is 39.6 Å². The molecule has 0 radical (unpaired) electrons. The first-order valence-corrected chi connectivity index (χ1v) is 8.93. The van der Waals surface area contributed by atoms with Crippen molar-refractivity contribution in [2.75, 3.05) is 39.6 Å². The average molecular weight is 240 g/mol. The molecule has 0 N–H and O–H groups in total. The summed E-state index contributed by atoms with van der Waals surface area (Å²) < 4.78 is 0. The van der Waals surface area contributed by atoms with Gasteiger partial charge in [0.25, 0.3) is 0 Å². The topological polar surface area (TPSA) is 0 Å². The summed E-state index contributed by atoms with van der Waals surface area (Å²) in [7, 11) is 0. The maximum atomic E-state index is 2.12. The zero-order valence-electron chi connectivity index (χ0n) is 7.29. The third kappa shape index (κ3) is 6.87. The minimum Gasteiger partial charge on any atom is -0.161 e. The second-order valence-corrected chi connectivity index (χ2v) is 7.54. The Morgan fingerprint density at radius 1 is 0.500 bits per heavy atom. The first-order chi connectivity index (χ1) is 6.00. The second kappa shape index (κ2) is 8.97. The summed E-state index contributed by atoms with van der Waals surface area (Å²) in [5.74, 6) is 8.17. The standard InChI is InChI=1S/C8H16S4/c1-2-9-4-6-11-8-12-7-5-10-3-1/h1-8H2. The van der Waals surface area contributed by atoms with Gasteiger partial charge in [-0.25, -0.2) is 0 Å². The molecular weight excluding hydrogens is 224 g/mol. The van der Waals surface area contributed by atoms with Crippen LogP contribution < -0.4 is 0 Å². The molecule has 1 saturated heterocycles. The Balaban J connectivity index is 2.00. The van der Waals surface area contributed by atoms with Crippen molar-refractivity contribution in [3.63, 3.8) is 0 Å². The lowest BCUT2D eigenvalue weighted by Crippen LogP contribution is -1.94. The minimum absolute atomic E-state index is 1.31. The van der Waals surface area contributed by atoms with E-state index in [1.807, 2.05) is 0 Å². The van der Waals surface area contributed by atoms with Gasteiger partial charge in [-0.2, -0.15) is 47.0 Å². The third-order valence-electron chi connectivity index (χ3n) is 1.49. The molecule has 4 heteroatoms. The van der Waals surface area contributed by atoms with Crippen molar-refractivity contribution in [1.29, 1.82) is 0 Å². The first kappa shape index (κ1) is 11.5. The molecule has 0 spiro atoms. The van der Waals surface area contributed by atoms with Gasteiger partial charge in [0.15, 0.2) is 0 Å². The van der Waals surface area contributed by atoms with E-state index in [2.05, 4.69) is 47.0 Å². The molecule has 1 fully saturated rings. The molecule has 1 heterocycles. The highest BCUT2D eigenvalue weighted by Crippen LogP contribution is 2.18. The van der Waals surface area contributed by atoms with Crippen LogP contribution in [0.3, 0.4) is 0 Å². The summed E-state index contributed by atoms with van der Waals surface area (Å²) in [4.78, 5) is 0. The van der Waals surface area contributed by atoms with Crippen LogP contribution in [0.25, 0.3) is 0 Å². The van der Waals surface area contributed by atoms with Crippen LogP contribution in [0.15, 0.2) is 0 Å². The summed E-state index contributed by atoms with van der Waals surface area (Å²) in [6.07, 6.45) is 1.41. The fraction of sp³-hybridized carbons (Fsp3) is 1.00. The van der Waals surface area contributed by atoms with Crippen LogP contribution in [0.1, 0.15) is 6.42 Å². The molecule has 72 valence electrons. The molecule has 0 nitrogen and oxygen atoms in total. The van der Waals surface area contributed by atoms with Crippen molar-refractivity contribution >= 4 is 47.0 Å². The Labute approximate surface area is 92.8 Å². The monoisotopic (exact) mass is 240 g/mol. The van der Waals surface area contributed by atoms with Crippen molar-refractivity contribution < 1.29 is 0 Å². The van der Waals surface area contributed by atoms with E-state index < -0.39 is 0 Å². The lowest BCUT2D eigenvalue weighted by atomic mass is 10.6. The largest absolute Gasteiger partial charge is 0.161 e. The molecule has 0 atom stereocenters. The third-order valence-corrected chi connectivity index (χ3v) is 6.46. The van der Waals surface area contributed by atoms with Gasteiger partial charge in [0.1, 0.15) is 0 Å². The highest BCUT2D eigenvalue weighted by Gasteiger charge is 1.96. The molecule has 0 aromatic rings. The summed E-state index contributed by atoms with van der Waals surface area (Å²) >= 11 is 8.45. The molecular formula is C8H16S4. The fourth-order valence-electron chi connectivity index (χ4n) is 0.880. The molecule has 12 heavy (non-hydrogen) atoms. The minimum atomic E-state index is 1.31. The Bertz CT molecular complexity index is 54.0. The molecule has 0 aromatic carbocycles. The van der Waals surface area contributed by atoms with Crippen molar-refractivity contribution in [3.05, 3.63) is 0 Å². The molecule has 0 saturated carbocycles. The van der Waals surface area contributed by atoms with Gasteiger partial charge in [0.05, 0.1) is 0 Å². The molecule has 0 unspecified atom stereocenters. The Hall–Kier alpha value is 1.40. The molecule has 1 rings (SSSR count). The van der Waals surface area contributed by atoms with Crippen LogP contribution in [-0.2, 0) is 0 Å². The number of hydrogen-bond donors (Lipinski definition) is 0. The highest BCUT2D eigenvalue weighted by molar-refractivity contribution is 8.16. The molecule has 0 bridgehead atoms. The van der Waals surface area contributed by atoms with Gasteiger partial charge in [-0.05, 0) is 17.9 Å². The SMILES string of the molecule is C1CSCCSCSCCSC1. The number of rotatable bonds is 0. The highest BCUT2D eigenvalue weighted by atomic mass is 32.2. The molecule has 1 aliphatic heterocycles. The average Bonchev–Trinajstić information content (AvgIpc) is 2.05. The van der Waals surface area contributed by atoms with Gasteiger partial charge >= 0.3 is 0 Å². The number of hydrogen-bond acceptors (Lipinski definition) is 4. The second-order valence-electron chi connectivity index (χ2n) is 2.51. The van der Waals surface area contributed by atoms with Crippen molar-refractivity contribution in [2.45, 2.75) is 6.42 Å². The summed E-state index contributed by atoms with van der Waals surface area (Å²) in [5.41, 5.74) is 0. The van der Waals surface area contributed by atoms with E-state index in [0.29, 0.717) is 0 Å². The van der Waals surface area contributed by atoms with Gasteiger partial charge in [-0.15, -0.1) is 0 Å². The van der Waals surface area contributed by atoms with E-state index in [-0.39, 0.29) is 0 Å².